The van der Waals surface area contributed by atoms with Crippen molar-refractivity contribution in [2.45, 2.75) is 45.1 Å². The molecule has 11 nitrogen and oxygen atoms in total. The molecular weight excluding hydrogens is 471 g/mol. The molecule has 0 bridgehead atoms. The van der Waals surface area contributed by atoms with Gasteiger partial charge in [0.05, 0.1) is 29.3 Å². The standard InChI is InChI=1S/C24H23FN6O5/c1-11-10-31-17-14(7-24(19(31)12(2)35-11)21(32)28-23(34)29-22(24)33)6-15-18(16(17)25)36-30-20(15)27-9-13-4-3-5-26-8-13/h3-6,8,11-12,19H,7,9-10H2,1-2H3,(H,27,30)(H2,28,29,32,33,34)/t11-,12+,19-/m1/s1. The maximum Gasteiger partial charge on any atom is 0.328 e. The minimum absolute atomic E-state index is 0.0309. The molecule has 12 heteroatoms. The summed E-state index contributed by atoms with van der Waals surface area (Å²) in [6.07, 6.45) is 2.34. The number of hydrogen-bond donors (Lipinski definition) is 3. The van der Waals surface area contributed by atoms with Crippen LogP contribution in [0.1, 0.15) is 25.0 Å². The number of anilines is 2. The molecule has 3 atom stereocenters. The molecule has 3 aliphatic rings. The van der Waals surface area contributed by atoms with Crippen LogP contribution >= 0.6 is 0 Å². The number of benzene rings is 1. The fraction of sp³-hybridized carbons (Fsp3) is 0.375. The molecule has 0 saturated carbocycles. The van der Waals surface area contributed by atoms with Crippen LogP contribution < -0.4 is 20.9 Å². The normalized spacial score (nSPS) is 24.8. The molecule has 4 amide bonds. The van der Waals surface area contributed by atoms with Gasteiger partial charge in [-0.2, -0.15) is 0 Å². The number of morpholine rings is 1. The Labute approximate surface area is 204 Å². The second kappa shape index (κ2) is 7.98. The summed E-state index contributed by atoms with van der Waals surface area (Å²) < 4.78 is 27.4. The fourth-order valence-corrected chi connectivity index (χ4v) is 5.76. The van der Waals surface area contributed by atoms with Gasteiger partial charge in [-0.05, 0) is 37.1 Å². The Morgan fingerprint density at radius 1 is 1.25 bits per heavy atom. The van der Waals surface area contributed by atoms with Crippen LogP contribution in [0.4, 0.5) is 20.7 Å². The number of nitrogens with one attached hydrogen (secondary N) is 3. The van der Waals surface area contributed by atoms with Gasteiger partial charge in [-0.15, -0.1) is 0 Å². The number of aromatic nitrogens is 2. The molecule has 1 spiro atoms. The van der Waals surface area contributed by atoms with Gasteiger partial charge in [-0.3, -0.25) is 25.2 Å². The Bertz CT molecular complexity index is 1390. The van der Waals surface area contributed by atoms with Gasteiger partial charge >= 0.3 is 6.03 Å². The second-order valence-electron chi connectivity index (χ2n) is 9.46. The lowest BCUT2D eigenvalue weighted by Gasteiger charge is -2.55. The van der Waals surface area contributed by atoms with E-state index in [9.17, 15) is 14.4 Å². The van der Waals surface area contributed by atoms with Gasteiger partial charge in [0.25, 0.3) is 0 Å². The summed E-state index contributed by atoms with van der Waals surface area (Å²) in [7, 11) is 0. The Hall–Kier alpha value is -4.06. The molecule has 2 saturated heterocycles. The Balaban J connectivity index is 1.49. The van der Waals surface area contributed by atoms with Crippen molar-refractivity contribution in [1.82, 2.24) is 20.8 Å². The molecule has 2 fully saturated rings. The van der Waals surface area contributed by atoms with E-state index < -0.39 is 41.2 Å². The van der Waals surface area contributed by atoms with Gasteiger partial charge in [-0.1, -0.05) is 11.2 Å². The number of pyridine rings is 1. The highest BCUT2D eigenvalue weighted by molar-refractivity contribution is 6.20. The van der Waals surface area contributed by atoms with Crippen molar-refractivity contribution < 1.29 is 28.0 Å². The summed E-state index contributed by atoms with van der Waals surface area (Å²) in [6.45, 7) is 4.19. The Morgan fingerprint density at radius 3 is 2.75 bits per heavy atom. The molecule has 0 radical (unpaired) electrons. The van der Waals surface area contributed by atoms with Crippen molar-refractivity contribution in [2.75, 3.05) is 16.8 Å². The van der Waals surface area contributed by atoms with E-state index in [0.29, 0.717) is 23.3 Å². The average molecular weight is 494 g/mol. The van der Waals surface area contributed by atoms with Crippen LogP contribution in [-0.2, 0) is 27.3 Å². The van der Waals surface area contributed by atoms with Crippen LogP contribution in [0.15, 0.2) is 35.1 Å². The average Bonchev–Trinajstić information content (AvgIpc) is 3.24. The third-order valence-electron chi connectivity index (χ3n) is 7.15. The summed E-state index contributed by atoms with van der Waals surface area (Å²) in [5.74, 6) is -1.77. The number of halogens is 1. The number of urea groups is 1. The summed E-state index contributed by atoms with van der Waals surface area (Å²) >= 11 is 0. The monoisotopic (exact) mass is 494 g/mol. The second-order valence-corrected chi connectivity index (χ2v) is 9.46. The number of rotatable bonds is 3. The highest BCUT2D eigenvalue weighted by atomic mass is 19.1. The van der Waals surface area contributed by atoms with Crippen molar-refractivity contribution >= 4 is 40.3 Å². The maximum atomic E-state index is 16.1. The number of carbonyl (C=O) groups excluding carboxylic acids is 3. The van der Waals surface area contributed by atoms with Gasteiger partial charge < -0.3 is 19.5 Å². The molecule has 5 heterocycles. The summed E-state index contributed by atoms with van der Waals surface area (Å²) in [4.78, 5) is 44.2. The maximum absolute atomic E-state index is 16.1. The zero-order valence-corrected chi connectivity index (χ0v) is 19.5. The first-order valence-corrected chi connectivity index (χ1v) is 11.6. The Kier molecular flexibility index (Phi) is 4.97. The van der Waals surface area contributed by atoms with E-state index in [4.69, 9.17) is 9.26 Å². The first-order valence-electron chi connectivity index (χ1n) is 11.6. The van der Waals surface area contributed by atoms with Crippen LogP contribution in [0.25, 0.3) is 11.0 Å². The van der Waals surface area contributed by atoms with Gasteiger partial charge in [0.15, 0.2) is 17.1 Å². The molecule has 186 valence electrons. The molecule has 0 unspecified atom stereocenters. The largest absolute Gasteiger partial charge is 0.372 e. The van der Waals surface area contributed by atoms with Gasteiger partial charge in [0.2, 0.25) is 17.4 Å². The van der Waals surface area contributed by atoms with Gasteiger partial charge in [0.1, 0.15) is 0 Å². The van der Waals surface area contributed by atoms with E-state index in [1.807, 2.05) is 13.0 Å². The van der Waals surface area contributed by atoms with E-state index in [1.165, 1.54) is 0 Å². The van der Waals surface area contributed by atoms with Crippen molar-refractivity contribution in [3.8, 4) is 0 Å². The number of imide groups is 2. The molecule has 0 aliphatic carbocycles. The minimum atomic E-state index is -1.69. The van der Waals surface area contributed by atoms with Crippen molar-refractivity contribution in [1.29, 1.82) is 0 Å². The number of hydrogen-bond acceptors (Lipinski definition) is 9. The number of carbonyl (C=O) groups is 3. The summed E-state index contributed by atoms with van der Waals surface area (Å²) in [5, 5.41) is 12.0. The van der Waals surface area contributed by atoms with Crippen LogP contribution in [0.5, 0.6) is 0 Å². The smallest absolute Gasteiger partial charge is 0.328 e. The van der Waals surface area contributed by atoms with E-state index >= 15 is 4.39 Å². The highest BCUT2D eigenvalue weighted by Gasteiger charge is 2.63. The van der Waals surface area contributed by atoms with Crippen LogP contribution in [0.3, 0.4) is 0 Å². The van der Waals surface area contributed by atoms with E-state index in [-0.39, 0.29) is 30.3 Å². The molecule has 3 aliphatic heterocycles. The van der Waals surface area contributed by atoms with E-state index in [2.05, 4.69) is 26.1 Å². The SMILES string of the molecule is C[C@@H]1CN2c3c(cc4c(NCc5cccnc5)noc4c3F)CC3(C(=O)NC(=O)NC3=O)[C@H]2[C@H](C)O1. The van der Waals surface area contributed by atoms with Crippen molar-refractivity contribution in [2.24, 2.45) is 5.41 Å². The molecule has 36 heavy (non-hydrogen) atoms. The van der Waals surface area contributed by atoms with Gasteiger partial charge in [-0.25, -0.2) is 9.18 Å². The topological polar surface area (TPSA) is 139 Å². The quantitative estimate of drug-likeness (QED) is 0.466. The number of amides is 4. The zero-order chi connectivity index (χ0) is 25.2. The number of nitrogens with zero attached hydrogens (tertiary/aromatic N) is 3. The fourth-order valence-electron chi connectivity index (χ4n) is 5.76. The summed E-state index contributed by atoms with van der Waals surface area (Å²) in [6, 6.07) is 3.66. The minimum Gasteiger partial charge on any atom is -0.372 e. The van der Waals surface area contributed by atoms with Crippen molar-refractivity contribution in [3.05, 3.63) is 47.5 Å². The molecule has 6 rings (SSSR count). The van der Waals surface area contributed by atoms with Crippen molar-refractivity contribution in [3.63, 3.8) is 0 Å². The zero-order valence-electron chi connectivity index (χ0n) is 19.5. The molecule has 1 aromatic carbocycles. The lowest BCUT2D eigenvalue weighted by Crippen LogP contribution is -2.75. The predicted octanol–water partition coefficient (Wildman–Crippen LogP) is 1.86. The third kappa shape index (κ3) is 3.17. The van der Waals surface area contributed by atoms with E-state index in [1.54, 1.807) is 36.4 Å². The highest BCUT2D eigenvalue weighted by Crippen LogP contribution is 2.49. The predicted molar refractivity (Wildman–Crippen MR) is 124 cm³/mol. The Morgan fingerprint density at radius 2 is 2.03 bits per heavy atom. The molecule has 2 aromatic heterocycles. The lowest BCUT2D eigenvalue weighted by molar-refractivity contribution is -0.153. The van der Waals surface area contributed by atoms with Crippen LogP contribution in [-0.4, -0.2) is 52.8 Å². The first kappa shape index (κ1) is 22.4. The third-order valence-corrected chi connectivity index (χ3v) is 7.15. The summed E-state index contributed by atoms with van der Waals surface area (Å²) in [5.41, 5.74) is -0.152. The molecular formula is C24H23FN6O5. The molecule has 3 aromatic rings. The van der Waals surface area contributed by atoms with E-state index in [0.717, 1.165) is 5.56 Å². The van der Waals surface area contributed by atoms with Crippen LogP contribution in [0.2, 0.25) is 0 Å². The van der Waals surface area contributed by atoms with Gasteiger partial charge in [0, 0.05) is 31.9 Å². The van der Waals surface area contributed by atoms with Crippen LogP contribution in [0, 0.1) is 11.2 Å². The number of barbiturate groups is 1. The first-order chi connectivity index (χ1) is 17.3. The number of ether oxygens (including phenoxy) is 1. The lowest BCUT2D eigenvalue weighted by atomic mass is 9.66. The number of fused-ring (bicyclic) bond motifs is 5. The molecule has 3 N–H and O–H groups in total.